The number of aryl methyl sites for hydroxylation is 1. The van der Waals surface area contributed by atoms with Crippen molar-refractivity contribution in [2.75, 3.05) is 37.4 Å². The summed E-state index contributed by atoms with van der Waals surface area (Å²) < 4.78 is 0. The molecule has 1 aromatic carbocycles. The first-order chi connectivity index (χ1) is 13.7. The average Bonchev–Trinajstić information content (AvgIpc) is 2.82. The summed E-state index contributed by atoms with van der Waals surface area (Å²) in [4.78, 5) is 33.0. The van der Waals surface area contributed by atoms with E-state index in [1.54, 1.807) is 24.1 Å². The maximum Gasteiger partial charge on any atom is 0.239 e. The van der Waals surface area contributed by atoms with Gasteiger partial charge in [-0.05, 0) is 37.7 Å². The molecule has 0 saturated heterocycles. The quantitative estimate of drug-likeness (QED) is 0.765. The number of hydrogen-bond donors (Lipinski definition) is 1. The molecule has 2 aromatic rings. The molecule has 1 N–H and O–H groups in total. The van der Waals surface area contributed by atoms with E-state index in [2.05, 4.69) is 41.2 Å². The molecule has 0 fully saturated rings. The average molecular weight is 393 g/mol. The third-order valence-electron chi connectivity index (χ3n) is 5.23. The second-order valence-electron chi connectivity index (χ2n) is 8.08. The molecule has 29 heavy (non-hydrogen) atoms. The molecule has 0 saturated carbocycles. The Morgan fingerprint density at radius 3 is 2.55 bits per heavy atom. The number of pyridine rings is 1. The van der Waals surface area contributed by atoms with E-state index in [0.717, 1.165) is 17.1 Å². The van der Waals surface area contributed by atoms with E-state index in [1.165, 1.54) is 5.56 Å². The van der Waals surface area contributed by atoms with Gasteiger partial charge in [-0.15, -0.1) is 0 Å². The van der Waals surface area contributed by atoms with Gasteiger partial charge in [0.1, 0.15) is 5.82 Å². The Balaban J connectivity index is 1.62. The van der Waals surface area contributed by atoms with Crippen molar-refractivity contribution in [1.82, 2.24) is 9.88 Å². The van der Waals surface area contributed by atoms with Gasteiger partial charge in [0.2, 0.25) is 5.91 Å². The second kappa shape index (κ2) is 8.17. The van der Waals surface area contributed by atoms with Crippen molar-refractivity contribution in [2.24, 2.45) is 0 Å². The van der Waals surface area contributed by atoms with Gasteiger partial charge >= 0.3 is 0 Å². The van der Waals surface area contributed by atoms with E-state index < -0.39 is 0 Å². The molecular formula is C23H28N4O2. The lowest BCUT2D eigenvalue weighted by atomic mass is 9.83. The number of anilines is 2. The third kappa shape index (κ3) is 4.54. The van der Waals surface area contributed by atoms with Crippen LogP contribution in [0.4, 0.5) is 11.5 Å². The molecule has 152 valence electrons. The minimum absolute atomic E-state index is 0.0308. The molecule has 0 aliphatic carbocycles. The fraction of sp³-hybridized carbons (Fsp3) is 0.348. The van der Waals surface area contributed by atoms with E-state index in [-0.39, 0.29) is 30.2 Å². The van der Waals surface area contributed by atoms with Gasteiger partial charge in [-0.25, -0.2) is 4.98 Å². The van der Waals surface area contributed by atoms with Gasteiger partial charge in [-0.1, -0.05) is 38.1 Å². The number of nitrogens with zero attached hydrogens (tertiary/aromatic N) is 3. The number of allylic oxidation sites excluding steroid dienone is 1. The summed E-state index contributed by atoms with van der Waals surface area (Å²) in [6.45, 7) is 6.40. The monoisotopic (exact) mass is 392 g/mol. The Bertz CT molecular complexity index is 965. The third-order valence-corrected chi connectivity index (χ3v) is 5.23. The lowest BCUT2D eigenvalue weighted by Crippen LogP contribution is -2.34. The number of ketones is 1. The number of hydrogen-bond acceptors (Lipinski definition) is 5. The Morgan fingerprint density at radius 1 is 1.14 bits per heavy atom. The molecular weight excluding hydrogens is 364 g/mol. The van der Waals surface area contributed by atoms with Crippen molar-refractivity contribution in [2.45, 2.75) is 26.2 Å². The maximum absolute atomic E-state index is 12.7. The van der Waals surface area contributed by atoms with E-state index in [9.17, 15) is 9.59 Å². The topological polar surface area (TPSA) is 65.5 Å². The van der Waals surface area contributed by atoms with E-state index in [1.807, 2.05) is 38.2 Å². The van der Waals surface area contributed by atoms with Gasteiger partial charge in [0, 0.05) is 35.6 Å². The van der Waals surface area contributed by atoms with Crippen molar-refractivity contribution >= 4 is 23.2 Å². The summed E-state index contributed by atoms with van der Waals surface area (Å²) in [6, 6.07) is 13.7. The second-order valence-corrected chi connectivity index (χ2v) is 8.08. The molecule has 0 atom stereocenters. The zero-order valence-corrected chi connectivity index (χ0v) is 17.7. The first-order valence-corrected chi connectivity index (χ1v) is 9.69. The van der Waals surface area contributed by atoms with Crippen molar-refractivity contribution in [3.8, 4) is 0 Å². The smallest absolute Gasteiger partial charge is 0.239 e. The van der Waals surface area contributed by atoms with Crippen LogP contribution < -0.4 is 10.2 Å². The molecule has 0 spiro atoms. The van der Waals surface area contributed by atoms with Crippen LogP contribution in [-0.2, 0) is 15.0 Å². The van der Waals surface area contributed by atoms with Crippen LogP contribution >= 0.6 is 0 Å². The van der Waals surface area contributed by atoms with Crippen molar-refractivity contribution in [3.63, 3.8) is 0 Å². The normalized spacial score (nSPS) is 16.2. The largest absolute Gasteiger partial charge is 0.347 e. The highest BCUT2D eigenvalue weighted by atomic mass is 16.2. The standard InChI is InChI=1S/C23H28N4O2/c1-16-9-8-12-21(24-16)25-22(29)15-26(4)14-17(28)13-20-23(2,3)18-10-6-7-11-19(18)27(20)5/h6-13H,14-15H2,1-5H3,(H,24,25,29)/b20-13-. The number of fused-ring (bicyclic) bond motifs is 1. The maximum atomic E-state index is 12.7. The fourth-order valence-corrected chi connectivity index (χ4v) is 3.82. The number of carbonyl (C=O) groups excluding carboxylic acids is 2. The van der Waals surface area contributed by atoms with Crippen LogP contribution in [0.2, 0.25) is 0 Å². The number of carbonyl (C=O) groups is 2. The number of aromatic nitrogens is 1. The number of likely N-dealkylation sites (N-methyl/N-ethyl adjacent to an activating group) is 2. The molecule has 6 nitrogen and oxygen atoms in total. The highest BCUT2D eigenvalue weighted by molar-refractivity contribution is 5.95. The van der Waals surface area contributed by atoms with Crippen LogP contribution in [0, 0.1) is 6.92 Å². The van der Waals surface area contributed by atoms with Crippen LogP contribution in [0.5, 0.6) is 0 Å². The van der Waals surface area contributed by atoms with Crippen molar-refractivity contribution in [3.05, 3.63) is 65.5 Å². The summed E-state index contributed by atoms with van der Waals surface area (Å²) in [5.41, 5.74) is 3.89. The Kier molecular flexibility index (Phi) is 5.84. The minimum Gasteiger partial charge on any atom is -0.347 e. The van der Waals surface area contributed by atoms with Crippen LogP contribution in [0.1, 0.15) is 25.1 Å². The van der Waals surface area contributed by atoms with Gasteiger partial charge < -0.3 is 10.2 Å². The van der Waals surface area contributed by atoms with E-state index in [4.69, 9.17) is 0 Å². The Hall–Kier alpha value is -2.99. The number of amides is 1. The van der Waals surface area contributed by atoms with E-state index >= 15 is 0 Å². The highest BCUT2D eigenvalue weighted by Gasteiger charge is 2.38. The molecule has 3 rings (SSSR count). The lowest BCUT2D eigenvalue weighted by Gasteiger charge is -2.24. The summed E-state index contributed by atoms with van der Waals surface area (Å²) in [5.74, 6) is 0.289. The van der Waals surface area contributed by atoms with Crippen molar-refractivity contribution < 1.29 is 9.59 Å². The Morgan fingerprint density at radius 2 is 1.86 bits per heavy atom. The SMILES string of the molecule is Cc1cccc(NC(=O)CN(C)CC(=O)/C=C2\N(C)c3ccccc3C2(C)C)n1. The first kappa shape index (κ1) is 20.7. The molecule has 2 heterocycles. The van der Waals surface area contributed by atoms with Crippen molar-refractivity contribution in [1.29, 1.82) is 0 Å². The first-order valence-electron chi connectivity index (χ1n) is 9.69. The predicted octanol–water partition coefficient (Wildman–Crippen LogP) is 3.14. The van der Waals surface area contributed by atoms with Crippen LogP contribution in [-0.4, -0.2) is 48.8 Å². The molecule has 0 unspecified atom stereocenters. The molecule has 0 radical (unpaired) electrons. The highest BCUT2D eigenvalue weighted by Crippen LogP contribution is 2.46. The van der Waals surface area contributed by atoms with Crippen LogP contribution in [0.25, 0.3) is 0 Å². The number of nitrogens with one attached hydrogen (secondary N) is 1. The molecule has 1 aromatic heterocycles. The fourth-order valence-electron chi connectivity index (χ4n) is 3.82. The molecule has 1 amide bonds. The molecule has 1 aliphatic heterocycles. The van der Waals surface area contributed by atoms with E-state index in [0.29, 0.717) is 5.82 Å². The van der Waals surface area contributed by atoms with Gasteiger partial charge in [-0.3, -0.25) is 14.5 Å². The van der Waals surface area contributed by atoms with Gasteiger partial charge in [0.05, 0.1) is 13.1 Å². The lowest BCUT2D eigenvalue weighted by molar-refractivity contribution is -0.118. The molecule has 1 aliphatic rings. The summed E-state index contributed by atoms with van der Waals surface area (Å²) in [5, 5.41) is 2.77. The summed E-state index contributed by atoms with van der Waals surface area (Å²) in [7, 11) is 3.75. The van der Waals surface area contributed by atoms with Gasteiger partial charge in [0.15, 0.2) is 5.78 Å². The molecule has 6 heteroatoms. The van der Waals surface area contributed by atoms with Gasteiger partial charge in [0.25, 0.3) is 0 Å². The predicted molar refractivity (Wildman–Crippen MR) is 116 cm³/mol. The Labute approximate surface area is 172 Å². The minimum atomic E-state index is -0.242. The van der Waals surface area contributed by atoms with Gasteiger partial charge in [-0.2, -0.15) is 0 Å². The number of benzene rings is 1. The number of rotatable bonds is 6. The van der Waals surface area contributed by atoms with Crippen LogP contribution in [0.15, 0.2) is 54.2 Å². The summed E-state index contributed by atoms with van der Waals surface area (Å²) >= 11 is 0. The number of para-hydroxylation sites is 1. The zero-order chi connectivity index (χ0) is 21.2. The molecule has 0 bridgehead atoms. The van der Waals surface area contributed by atoms with Crippen LogP contribution in [0.3, 0.4) is 0 Å². The summed E-state index contributed by atoms with van der Waals surface area (Å²) in [6.07, 6.45) is 1.70. The zero-order valence-electron chi connectivity index (χ0n) is 17.7.